The average molecular weight is 331 g/mol. The van der Waals surface area contributed by atoms with Crippen LogP contribution < -0.4 is 10.6 Å². The molecule has 0 aliphatic carbocycles. The molecule has 1 atom stereocenters. The van der Waals surface area contributed by atoms with E-state index in [0.29, 0.717) is 19.5 Å². The van der Waals surface area contributed by atoms with Gasteiger partial charge in [-0.25, -0.2) is 14.8 Å². The first-order valence-electron chi connectivity index (χ1n) is 7.98. The summed E-state index contributed by atoms with van der Waals surface area (Å²) < 4.78 is 0. The fraction of sp³-hybridized carbons (Fsp3) is 0.562. The van der Waals surface area contributed by atoms with Gasteiger partial charge in [0.1, 0.15) is 11.9 Å². The van der Waals surface area contributed by atoms with Gasteiger partial charge in [-0.15, -0.1) is 0 Å². The summed E-state index contributed by atoms with van der Waals surface area (Å²) in [5.74, 6) is 0.177. The lowest BCUT2D eigenvalue weighted by Crippen LogP contribution is -2.48. The summed E-state index contributed by atoms with van der Waals surface area (Å²) in [5.41, 5.74) is 1.61. The number of rotatable bonds is 1. The minimum absolute atomic E-state index is 0.143. The number of nitrogens with zero attached hydrogens (tertiary/aromatic N) is 3. The third kappa shape index (κ3) is 3.22. The second kappa shape index (κ2) is 5.85. The fourth-order valence-electron chi connectivity index (χ4n) is 2.81. The van der Waals surface area contributed by atoms with Crippen LogP contribution in [0.2, 0.25) is 0 Å². The van der Waals surface area contributed by atoms with Crippen LogP contribution in [0.15, 0.2) is 6.20 Å². The molecule has 1 aromatic heterocycles. The maximum absolute atomic E-state index is 12.7. The molecule has 1 saturated heterocycles. The van der Waals surface area contributed by atoms with Gasteiger partial charge in [-0.3, -0.25) is 14.9 Å². The van der Waals surface area contributed by atoms with Crippen molar-refractivity contribution in [2.45, 2.75) is 58.2 Å². The molecule has 0 bridgehead atoms. The van der Waals surface area contributed by atoms with Crippen LogP contribution in [-0.4, -0.2) is 38.8 Å². The van der Waals surface area contributed by atoms with Gasteiger partial charge < -0.3 is 10.2 Å². The van der Waals surface area contributed by atoms with Crippen molar-refractivity contribution in [1.82, 2.24) is 25.5 Å². The first-order chi connectivity index (χ1) is 11.2. The molecule has 0 radical (unpaired) electrons. The summed E-state index contributed by atoms with van der Waals surface area (Å²) in [6.07, 6.45) is 2.21. The predicted octanol–water partition coefficient (Wildman–Crippen LogP) is 0.604. The molecule has 0 unspecified atom stereocenters. The lowest BCUT2D eigenvalue weighted by Gasteiger charge is -2.21. The highest BCUT2D eigenvalue weighted by molar-refractivity contribution is 5.98. The number of imide groups is 1. The van der Waals surface area contributed by atoms with Gasteiger partial charge in [-0.05, 0) is 6.42 Å². The van der Waals surface area contributed by atoms with Crippen molar-refractivity contribution in [2.24, 2.45) is 0 Å². The van der Waals surface area contributed by atoms with E-state index in [2.05, 4.69) is 20.6 Å². The summed E-state index contributed by atoms with van der Waals surface area (Å²) in [7, 11) is 0. The summed E-state index contributed by atoms with van der Waals surface area (Å²) in [6, 6.07) is -1.32. The van der Waals surface area contributed by atoms with Crippen LogP contribution in [0.1, 0.15) is 50.7 Å². The summed E-state index contributed by atoms with van der Waals surface area (Å²) >= 11 is 0. The van der Waals surface area contributed by atoms with Crippen molar-refractivity contribution >= 4 is 17.8 Å². The number of nitrogens with one attached hydrogen (secondary N) is 2. The van der Waals surface area contributed by atoms with Crippen molar-refractivity contribution in [3.05, 3.63) is 23.3 Å². The molecule has 4 amide bonds. The zero-order valence-electron chi connectivity index (χ0n) is 14.0. The Morgan fingerprint density at radius 3 is 2.75 bits per heavy atom. The van der Waals surface area contributed by atoms with Gasteiger partial charge in [0, 0.05) is 30.1 Å². The average Bonchev–Trinajstić information content (AvgIpc) is 2.84. The van der Waals surface area contributed by atoms with Crippen LogP contribution in [-0.2, 0) is 28.1 Å². The number of carbonyl (C=O) groups is 3. The number of carbonyl (C=O) groups excluding carboxylic acids is 3. The zero-order chi connectivity index (χ0) is 17.5. The van der Waals surface area contributed by atoms with E-state index in [4.69, 9.17) is 0 Å². The Kier molecular flexibility index (Phi) is 3.98. The number of urea groups is 1. The molecular weight excluding hydrogens is 310 g/mol. The highest BCUT2D eigenvalue weighted by atomic mass is 16.2. The predicted molar refractivity (Wildman–Crippen MR) is 84.7 cm³/mol. The van der Waals surface area contributed by atoms with Gasteiger partial charge in [-0.1, -0.05) is 20.8 Å². The van der Waals surface area contributed by atoms with E-state index in [1.807, 2.05) is 20.8 Å². The molecule has 2 aliphatic rings. The quantitative estimate of drug-likeness (QED) is 0.784. The number of fused-ring (bicyclic) bond motifs is 1. The third-order valence-corrected chi connectivity index (χ3v) is 4.15. The van der Waals surface area contributed by atoms with E-state index < -0.39 is 12.1 Å². The summed E-state index contributed by atoms with van der Waals surface area (Å²) in [5, 5.41) is 4.73. The van der Waals surface area contributed by atoms with E-state index in [1.165, 1.54) is 0 Å². The van der Waals surface area contributed by atoms with Crippen LogP contribution >= 0.6 is 0 Å². The molecule has 8 heteroatoms. The Hall–Kier alpha value is -2.51. The molecule has 2 aliphatic heterocycles. The van der Waals surface area contributed by atoms with Crippen molar-refractivity contribution < 1.29 is 14.4 Å². The molecule has 0 saturated carbocycles. The Morgan fingerprint density at radius 1 is 1.29 bits per heavy atom. The standard InChI is InChI=1S/C16H21N5O3/c1-16(2,3)14-17-6-9-7-21(8-11(9)18-14)13(23)10-4-5-12(22)20-15(24)19-10/h6,10H,4-5,7-8H2,1-3H3,(H2,19,20,22,24)/t10-/m0/s1. The Balaban J connectivity index is 1.74. The molecule has 0 spiro atoms. The second-order valence-corrected chi connectivity index (χ2v) is 7.22. The molecule has 1 fully saturated rings. The van der Waals surface area contributed by atoms with Crippen LogP contribution in [0, 0.1) is 0 Å². The molecule has 8 nitrogen and oxygen atoms in total. The van der Waals surface area contributed by atoms with Crippen molar-refractivity contribution in [2.75, 3.05) is 0 Å². The van der Waals surface area contributed by atoms with Crippen LogP contribution in [0.4, 0.5) is 4.79 Å². The SMILES string of the molecule is CC(C)(C)c1ncc2c(n1)CN(C(=O)[C@@H]1CCC(=O)NC(=O)N1)C2. The van der Waals surface area contributed by atoms with Gasteiger partial charge in [0.15, 0.2) is 0 Å². The molecule has 3 rings (SSSR count). The lowest BCUT2D eigenvalue weighted by molar-refractivity contribution is -0.134. The van der Waals surface area contributed by atoms with Gasteiger partial charge in [0.05, 0.1) is 12.2 Å². The Labute approximate surface area is 140 Å². The topological polar surface area (TPSA) is 104 Å². The fourth-order valence-corrected chi connectivity index (χ4v) is 2.81. The van der Waals surface area contributed by atoms with Crippen LogP contribution in [0.5, 0.6) is 0 Å². The minimum Gasteiger partial charge on any atom is -0.331 e. The Bertz CT molecular complexity index is 710. The van der Waals surface area contributed by atoms with Gasteiger partial charge in [-0.2, -0.15) is 0 Å². The van der Waals surface area contributed by atoms with Gasteiger partial charge >= 0.3 is 6.03 Å². The van der Waals surface area contributed by atoms with Gasteiger partial charge in [0.25, 0.3) is 0 Å². The smallest absolute Gasteiger partial charge is 0.322 e. The van der Waals surface area contributed by atoms with E-state index in [1.54, 1.807) is 11.1 Å². The number of hydrogen-bond donors (Lipinski definition) is 2. The molecule has 2 N–H and O–H groups in total. The summed E-state index contributed by atoms with van der Waals surface area (Å²) in [4.78, 5) is 46.2. The summed E-state index contributed by atoms with van der Waals surface area (Å²) in [6.45, 7) is 6.94. The van der Waals surface area contributed by atoms with E-state index in [9.17, 15) is 14.4 Å². The van der Waals surface area contributed by atoms with E-state index in [-0.39, 0.29) is 23.7 Å². The molecule has 128 valence electrons. The maximum Gasteiger partial charge on any atom is 0.322 e. The van der Waals surface area contributed by atoms with Crippen molar-refractivity contribution in [3.8, 4) is 0 Å². The van der Waals surface area contributed by atoms with Crippen LogP contribution in [0.3, 0.4) is 0 Å². The number of amides is 4. The minimum atomic E-state index is -0.694. The van der Waals surface area contributed by atoms with Gasteiger partial charge in [0.2, 0.25) is 11.8 Å². The lowest BCUT2D eigenvalue weighted by atomic mass is 9.95. The second-order valence-electron chi connectivity index (χ2n) is 7.22. The zero-order valence-corrected chi connectivity index (χ0v) is 14.0. The van der Waals surface area contributed by atoms with Crippen molar-refractivity contribution in [1.29, 1.82) is 0 Å². The van der Waals surface area contributed by atoms with E-state index >= 15 is 0 Å². The highest BCUT2D eigenvalue weighted by Crippen LogP contribution is 2.25. The molecule has 3 heterocycles. The molecular formula is C16H21N5O3. The number of hydrogen-bond acceptors (Lipinski definition) is 5. The van der Waals surface area contributed by atoms with Crippen molar-refractivity contribution in [3.63, 3.8) is 0 Å². The Morgan fingerprint density at radius 2 is 2.04 bits per heavy atom. The highest BCUT2D eigenvalue weighted by Gasteiger charge is 2.33. The number of aromatic nitrogens is 2. The largest absolute Gasteiger partial charge is 0.331 e. The monoisotopic (exact) mass is 331 g/mol. The molecule has 1 aromatic rings. The maximum atomic E-state index is 12.7. The third-order valence-electron chi connectivity index (χ3n) is 4.15. The van der Waals surface area contributed by atoms with Crippen LogP contribution in [0.25, 0.3) is 0 Å². The molecule has 0 aromatic carbocycles. The van der Waals surface area contributed by atoms with E-state index in [0.717, 1.165) is 17.1 Å². The first kappa shape index (κ1) is 16.4. The normalized spacial score (nSPS) is 21.0. The molecule has 24 heavy (non-hydrogen) atoms. The first-order valence-corrected chi connectivity index (χ1v) is 7.98.